The maximum absolute atomic E-state index is 12.5. The van der Waals surface area contributed by atoms with Crippen molar-refractivity contribution >= 4 is 43.2 Å². The van der Waals surface area contributed by atoms with Crippen LogP contribution in [0.3, 0.4) is 0 Å². The van der Waals surface area contributed by atoms with Gasteiger partial charge >= 0.3 is 0 Å². The van der Waals surface area contributed by atoms with E-state index in [9.17, 15) is 13.2 Å². The summed E-state index contributed by atoms with van der Waals surface area (Å²) in [6.45, 7) is 1.84. The minimum Gasteiger partial charge on any atom is -0.497 e. The van der Waals surface area contributed by atoms with Crippen molar-refractivity contribution in [1.82, 2.24) is 9.78 Å². The summed E-state index contributed by atoms with van der Waals surface area (Å²) in [5, 5.41) is 6.87. The van der Waals surface area contributed by atoms with E-state index in [2.05, 4.69) is 31.1 Å². The molecule has 0 saturated carbocycles. The van der Waals surface area contributed by atoms with Gasteiger partial charge in [0.2, 0.25) is 0 Å². The van der Waals surface area contributed by atoms with Gasteiger partial charge in [0, 0.05) is 18.4 Å². The quantitative estimate of drug-likeness (QED) is 0.563. The molecule has 3 rings (SSSR count). The van der Waals surface area contributed by atoms with Crippen LogP contribution in [-0.4, -0.2) is 31.2 Å². The molecule has 0 aliphatic heterocycles. The number of benzene rings is 2. The Morgan fingerprint density at radius 3 is 2.17 bits per heavy atom. The van der Waals surface area contributed by atoms with E-state index < -0.39 is 15.9 Å². The van der Waals surface area contributed by atoms with E-state index in [-0.39, 0.29) is 10.6 Å². The predicted octanol–water partition coefficient (Wildman–Crippen LogP) is 3.55. The zero-order valence-electron chi connectivity index (χ0n) is 15.9. The summed E-state index contributed by atoms with van der Waals surface area (Å²) in [5.41, 5.74) is 1.94. The fourth-order valence-corrected chi connectivity index (χ4v) is 4.08. The SMILES string of the molecule is COc1ccc(NS(=O)(=O)c2ccc(NC(=O)c3nn(C)c(C)c3Br)cc2)cc1. The zero-order chi connectivity index (χ0) is 21.2. The number of aromatic nitrogens is 2. The summed E-state index contributed by atoms with van der Waals surface area (Å²) in [4.78, 5) is 12.5. The summed E-state index contributed by atoms with van der Waals surface area (Å²) in [6, 6.07) is 12.4. The second kappa shape index (κ2) is 8.26. The number of halogens is 1. The normalized spacial score (nSPS) is 11.2. The number of sulfonamides is 1. The molecular formula is C19H19BrN4O4S. The molecule has 152 valence electrons. The summed E-state index contributed by atoms with van der Waals surface area (Å²) in [5.74, 6) is 0.232. The van der Waals surface area contributed by atoms with Crippen molar-refractivity contribution in [2.45, 2.75) is 11.8 Å². The maximum Gasteiger partial charge on any atom is 0.277 e. The fourth-order valence-electron chi connectivity index (χ4n) is 2.51. The minimum absolute atomic E-state index is 0.0705. The van der Waals surface area contributed by atoms with E-state index in [4.69, 9.17) is 4.74 Å². The highest BCUT2D eigenvalue weighted by molar-refractivity contribution is 9.10. The van der Waals surface area contributed by atoms with Crippen LogP contribution in [0.15, 0.2) is 57.9 Å². The lowest BCUT2D eigenvalue weighted by Crippen LogP contribution is -2.15. The first kappa shape index (κ1) is 20.9. The molecule has 0 spiro atoms. The average molecular weight is 479 g/mol. The maximum atomic E-state index is 12.5. The number of carbonyl (C=O) groups excluding carboxylic acids is 1. The molecule has 0 aliphatic carbocycles. The lowest BCUT2D eigenvalue weighted by atomic mass is 10.3. The highest BCUT2D eigenvalue weighted by Gasteiger charge is 2.19. The number of nitrogens with one attached hydrogen (secondary N) is 2. The molecule has 0 fully saturated rings. The summed E-state index contributed by atoms with van der Waals surface area (Å²) in [6.07, 6.45) is 0. The van der Waals surface area contributed by atoms with Gasteiger partial charge in [0.1, 0.15) is 5.75 Å². The molecule has 3 aromatic rings. The van der Waals surface area contributed by atoms with Crippen molar-refractivity contribution in [2.75, 3.05) is 17.1 Å². The second-order valence-electron chi connectivity index (χ2n) is 6.18. The van der Waals surface area contributed by atoms with Crippen molar-refractivity contribution in [3.05, 3.63) is 64.4 Å². The standard InChI is InChI=1S/C19H19BrN4O4S/c1-12-17(20)18(22-24(12)2)19(25)21-13-6-10-16(11-7-13)29(26,27)23-14-4-8-15(28-3)9-5-14/h4-11,23H,1-3H3,(H,21,25). The number of hydrogen-bond acceptors (Lipinski definition) is 5. The van der Waals surface area contributed by atoms with Crippen molar-refractivity contribution in [3.8, 4) is 5.75 Å². The Morgan fingerprint density at radius 2 is 1.66 bits per heavy atom. The van der Waals surface area contributed by atoms with E-state index in [0.29, 0.717) is 21.6 Å². The molecule has 0 saturated heterocycles. The van der Waals surface area contributed by atoms with Gasteiger partial charge in [-0.15, -0.1) is 0 Å². The van der Waals surface area contributed by atoms with Crippen molar-refractivity contribution in [1.29, 1.82) is 0 Å². The van der Waals surface area contributed by atoms with E-state index in [1.807, 2.05) is 6.92 Å². The monoisotopic (exact) mass is 478 g/mol. The first-order valence-electron chi connectivity index (χ1n) is 8.48. The van der Waals surface area contributed by atoms with Crippen molar-refractivity contribution < 1.29 is 17.9 Å². The van der Waals surface area contributed by atoms with Crippen LogP contribution in [0.2, 0.25) is 0 Å². The first-order valence-corrected chi connectivity index (χ1v) is 10.8. The van der Waals surface area contributed by atoms with Crippen LogP contribution in [0.25, 0.3) is 0 Å². The topological polar surface area (TPSA) is 102 Å². The third-order valence-corrected chi connectivity index (χ3v) is 6.59. The van der Waals surface area contributed by atoms with E-state index in [1.54, 1.807) is 36.0 Å². The third-order valence-electron chi connectivity index (χ3n) is 4.24. The van der Waals surface area contributed by atoms with E-state index >= 15 is 0 Å². The Balaban J connectivity index is 1.73. The van der Waals surface area contributed by atoms with Gasteiger partial charge in [0.25, 0.3) is 15.9 Å². The molecule has 0 unspecified atom stereocenters. The van der Waals surface area contributed by atoms with Crippen LogP contribution in [-0.2, 0) is 17.1 Å². The molecule has 0 bridgehead atoms. The molecule has 0 aliphatic rings. The van der Waals surface area contributed by atoms with Gasteiger partial charge < -0.3 is 10.1 Å². The van der Waals surface area contributed by atoms with Crippen LogP contribution in [0, 0.1) is 6.92 Å². The molecule has 1 aromatic heterocycles. The molecule has 0 radical (unpaired) electrons. The largest absolute Gasteiger partial charge is 0.497 e. The van der Waals surface area contributed by atoms with Crippen LogP contribution >= 0.6 is 15.9 Å². The van der Waals surface area contributed by atoms with Crippen LogP contribution in [0.5, 0.6) is 5.75 Å². The lowest BCUT2D eigenvalue weighted by molar-refractivity contribution is 0.102. The highest BCUT2D eigenvalue weighted by Crippen LogP contribution is 2.23. The van der Waals surface area contributed by atoms with Gasteiger partial charge in [-0.3, -0.25) is 14.2 Å². The van der Waals surface area contributed by atoms with E-state index in [1.165, 1.54) is 31.4 Å². The number of hydrogen-bond donors (Lipinski definition) is 2. The second-order valence-corrected chi connectivity index (χ2v) is 8.66. The lowest BCUT2D eigenvalue weighted by Gasteiger charge is -2.10. The third kappa shape index (κ3) is 4.60. The molecule has 1 heterocycles. The smallest absolute Gasteiger partial charge is 0.277 e. The minimum atomic E-state index is -3.77. The van der Waals surface area contributed by atoms with Gasteiger partial charge in [0.05, 0.1) is 22.2 Å². The first-order chi connectivity index (χ1) is 13.7. The van der Waals surface area contributed by atoms with Crippen LogP contribution in [0.1, 0.15) is 16.2 Å². The van der Waals surface area contributed by atoms with E-state index in [0.717, 1.165) is 5.69 Å². The van der Waals surface area contributed by atoms with Gasteiger partial charge in [0.15, 0.2) is 5.69 Å². The Labute approximate surface area is 177 Å². The summed E-state index contributed by atoms with van der Waals surface area (Å²) >= 11 is 3.35. The van der Waals surface area contributed by atoms with Crippen molar-refractivity contribution in [2.24, 2.45) is 7.05 Å². The molecule has 29 heavy (non-hydrogen) atoms. The number of methoxy groups -OCH3 is 1. The van der Waals surface area contributed by atoms with Crippen LogP contribution < -0.4 is 14.8 Å². The number of ether oxygens (including phenoxy) is 1. The number of aryl methyl sites for hydroxylation is 1. The number of carbonyl (C=O) groups is 1. The van der Waals surface area contributed by atoms with Crippen molar-refractivity contribution in [3.63, 3.8) is 0 Å². The molecule has 10 heteroatoms. The van der Waals surface area contributed by atoms with Crippen LogP contribution in [0.4, 0.5) is 11.4 Å². The molecular weight excluding hydrogens is 460 g/mol. The van der Waals surface area contributed by atoms with Gasteiger partial charge in [-0.25, -0.2) is 8.42 Å². The molecule has 2 N–H and O–H groups in total. The number of rotatable bonds is 6. The summed E-state index contributed by atoms with van der Waals surface area (Å²) < 4.78 is 34.9. The Kier molecular flexibility index (Phi) is 5.94. The van der Waals surface area contributed by atoms with Gasteiger partial charge in [-0.1, -0.05) is 0 Å². The van der Waals surface area contributed by atoms with Gasteiger partial charge in [-0.2, -0.15) is 5.10 Å². The zero-order valence-corrected chi connectivity index (χ0v) is 18.3. The highest BCUT2D eigenvalue weighted by atomic mass is 79.9. The molecule has 8 nitrogen and oxygen atoms in total. The Morgan fingerprint density at radius 1 is 1.07 bits per heavy atom. The number of nitrogens with zero attached hydrogens (tertiary/aromatic N) is 2. The summed E-state index contributed by atoms with van der Waals surface area (Å²) in [7, 11) is -0.489. The fraction of sp³-hybridized carbons (Fsp3) is 0.158. The number of amides is 1. The predicted molar refractivity (Wildman–Crippen MR) is 114 cm³/mol. The Bertz CT molecular complexity index is 1140. The Hall–Kier alpha value is -2.85. The average Bonchev–Trinajstić information content (AvgIpc) is 2.96. The molecule has 0 atom stereocenters. The molecule has 1 amide bonds. The van der Waals surface area contributed by atoms with Gasteiger partial charge in [-0.05, 0) is 71.4 Å². The number of anilines is 2. The molecule has 2 aromatic carbocycles.